The summed E-state index contributed by atoms with van der Waals surface area (Å²) in [4.78, 5) is 0. The summed E-state index contributed by atoms with van der Waals surface area (Å²) in [5, 5.41) is 6.16. The molecule has 0 aliphatic heterocycles. The maximum Gasteiger partial charge on any atom is 0.124 e. The molecule has 0 fully saturated rings. The summed E-state index contributed by atoms with van der Waals surface area (Å²) < 4.78 is 13.1. The number of halogens is 1. The Morgan fingerprint density at radius 3 is 2.80 bits per heavy atom. The molecule has 2 N–H and O–H groups in total. The van der Waals surface area contributed by atoms with Crippen LogP contribution in [0.3, 0.4) is 0 Å². The van der Waals surface area contributed by atoms with E-state index in [1.165, 1.54) is 12.1 Å². The van der Waals surface area contributed by atoms with Gasteiger partial charge in [-0.15, -0.1) is 0 Å². The minimum absolute atomic E-state index is 0.247. The Bertz CT molecular complexity index is 347. The summed E-state index contributed by atoms with van der Waals surface area (Å²) in [6.45, 7) is 6.79. The maximum atomic E-state index is 13.1. The van der Waals surface area contributed by atoms with Crippen molar-refractivity contribution in [3.8, 4) is 0 Å². The van der Waals surface area contributed by atoms with E-state index >= 15 is 0 Å². The summed E-state index contributed by atoms with van der Waals surface area (Å²) in [5.74, 6) is -0.247. The fourth-order valence-corrected chi connectivity index (χ4v) is 1.31. The van der Waals surface area contributed by atoms with E-state index in [2.05, 4.69) is 24.1 Å². The van der Waals surface area contributed by atoms with Crippen LogP contribution in [0.15, 0.2) is 24.8 Å². The fraction of sp³-hybridized carbons (Fsp3) is 0.333. The predicted octanol–water partition coefficient (Wildman–Crippen LogP) is 2.84. The quantitative estimate of drug-likeness (QED) is 0.777. The summed E-state index contributed by atoms with van der Waals surface area (Å²) in [6.07, 6.45) is 1.03. The lowest BCUT2D eigenvalue weighted by atomic mass is 10.1. The molecule has 0 unspecified atom stereocenters. The van der Waals surface area contributed by atoms with Crippen molar-refractivity contribution in [2.45, 2.75) is 13.3 Å². The lowest BCUT2D eigenvalue weighted by Gasteiger charge is -2.13. The highest BCUT2D eigenvalue weighted by Crippen LogP contribution is 2.22. The van der Waals surface area contributed by atoms with Gasteiger partial charge in [-0.3, -0.25) is 0 Å². The molecule has 0 aromatic heterocycles. The van der Waals surface area contributed by atoms with Crippen molar-refractivity contribution in [1.29, 1.82) is 0 Å². The van der Waals surface area contributed by atoms with E-state index in [1.807, 2.05) is 0 Å². The zero-order chi connectivity index (χ0) is 11.3. The normalized spacial score (nSPS) is 9.80. The number of nitrogens with one attached hydrogen (secondary N) is 2. The van der Waals surface area contributed by atoms with E-state index < -0.39 is 0 Å². The Balaban J connectivity index is 2.97. The van der Waals surface area contributed by atoms with Gasteiger partial charge in [-0.1, -0.05) is 13.5 Å². The van der Waals surface area contributed by atoms with Crippen molar-refractivity contribution in [3.05, 3.63) is 36.2 Å². The second kappa shape index (κ2) is 5.39. The molecule has 0 saturated carbocycles. The Labute approximate surface area is 90.2 Å². The second-order valence-corrected chi connectivity index (χ2v) is 3.35. The van der Waals surface area contributed by atoms with Crippen molar-refractivity contribution in [1.82, 2.24) is 5.32 Å². The standard InChI is InChI=1S/C12H17FN2/c1-4-7-15-12-6-5-10(13)8-11(12)9(2)14-3/h5-6,8,14-15H,2,4,7H2,1,3H3. The Morgan fingerprint density at radius 2 is 2.20 bits per heavy atom. The highest BCUT2D eigenvalue weighted by molar-refractivity contribution is 5.73. The molecule has 0 saturated heterocycles. The predicted molar refractivity (Wildman–Crippen MR) is 63.3 cm³/mol. The first-order valence-corrected chi connectivity index (χ1v) is 5.09. The Morgan fingerprint density at radius 1 is 1.47 bits per heavy atom. The maximum absolute atomic E-state index is 13.1. The van der Waals surface area contributed by atoms with Gasteiger partial charge in [0.15, 0.2) is 0 Å². The molecule has 1 rings (SSSR count). The van der Waals surface area contributed by atoms with Gasteiger partial charge in [0, 0.05) is 30.5 Å². The third-order valence-corrected chi connectivity index (χ3v) is 2.17. The van der Waals surface area contributed by atoms with Crippen LogP contribution in [0.5, 0.6) is 0 Å². The highest BCUT2D eigenvalue weighted by Gasteiger charge is 2.05. The SMILES string of the molecule is C=C(NC)c1cc(F)ccc1NCCC. The van der Waals surface area contributed by atoms with Crippen LogP contribution in [0.1, 0.15) is 18.9 Å². The van der Waals surface area contributed by atoms with E-state index in [1.54, 1.807) is 13.1 Å². The molecule has 1 aromatic rings. The largest absolute Gasteiger partial charge is 0.388 e. The van der Waals surface area contributed by atoms with Crippen molar-refractivity contribution < 1.29 is 4.39 Å². The molecule has 0 aliphatic rings. The molecule has 0 bridgehead atoms. The van der Waals surface area contributed by atoms with Gasteiger partial charge in [-0.25, -0.2) is 4.39 Å². The summed E-state index contributed by atoms with van der Waals surface area (Å²) in [5.41, 5.74) is 2.41. The van der Waals surface area contributed by atoms with Crippen LogP contribution in [0.25, 0.3) is 5.70 Å². The van der Waals surface area contributed by atoms with E-state index in [9.17, 15) is 4.39 Å². The van der Waals surface area contributed by atoms with Gasteiger partial charge in [-0.2, -0.15) is 0 Å². The lowest BCUT2D eigenvalue weighted by molar-refractivity contribution is 0.627. The molecular formula is C12H17FN2. The molecule has 0 atom stereocenters. The second-order valence-electron chi connectivity index (χ2n) is 3.35. The van der Waals surface area contributed by atoms with Crippen LogP contribution in [-0.2, 0) is 0 Å². The molecule has 0 heterocycles. The minimum Gasteiger partial charge on any atom is -0.388 e. The number of benzene rings is 1. The molecule has 0 radical (unpaired) electrons. The van der Waals surface area contributed by atoms with Crippen molar-refractivity contribution in [2.24, 2.45) is 0 Å². The van der Waals surface area contributed by atoms with Gasteiger partial charge in [0.1, 0.15) is 5.82 Å². The van der Waals surface area contributed by atoms with E-state index in [4.69, 9.17) is 0 Å². The zero-order valence-corrected chi connectivity index (χ0v) is 9.23. The van der Waals surface area contributed by atoms with Crippen LogP contribution in [0.4, 0.5) is 10.1 Å². The van der Waals surface area contributed by atoms with Crippen LogP contribution < -0.4 is 10.6 Å². The average Bonchev–Trinajstić information content (AvgIpc) is 2.26. The first-order valence-electron chi connectivity index (χ1n) is 5.09. The van der Waals surface area contributed by atoms with E-state index in [0.29, 0.717) is 5.70 Å². The number of rotatable bonds is 5. The van der Waals surface area contributed by atoms with Crippen molar-refractivity contribution >= 4 is 11.4 Å². The van der Waals surface area contributed by atoms with Crippen LogP contribution in [0.2, 0.25) is 0 Å². The molecule has 1 aromatic carbocycles. The zero-order valence-electron chi connectivity index (χ0n) is 9.23. The van der Waals surface area contributed by atoms with Crippen molar-refractivity contribution in [3.63, 3.8) is 0 Å². The summed E-state index contributed by atoms with van der Waals surface area (Å²) in [6, 6.07) is 4.67. The van der Waals surface area contributed by atoms with Gasteiger partial charge in [0.2, 0.25) is 0 Å². The van der Waals surface area contributed by atoms with Gasteiger partial charge >= 0.3 is 0 Å². The number of hydrogen-bond donors (Lipinski definition) is 2. The Kier molecular flexibility index (Phi) is 4.16. The van der Waals surface area contributed by atoms with E-state index in [-0.39, 0.29) is 5.82 Å². The molecule has 82 valence electrons. The molecule has 0 spiro atoms. The number of anilines is 1. The van der Waals surface area contributed by atoms with Crippen molar-refractivity contribution in [2.75, 3.05) is 18.9 Å². The van der Waals surface area contributed by atoms with Crippen LogP contribution >= 0.6 is 0 Å². The van der Waals surface area contributed by atoms with Gasteiger partial charge in [0.25, 0.3) is 0 Å². The lowest BCUT2D eigenvalue weighted by Crippen LogP contribution is -2.08. The van der Waals surface area contributed by atoms with Gasteiger partial charge < -0.3 is 10.6 Å². The summed E-state index contributed by atoms with van der Waals surface area (Å²) >= 11 is 0. The molecule has 2 nitrogen and oxygen atoms in total. The Hall–Kier alpha value is -1.51. The van der Waals surface area contributed by atoms with E-state index in [0.717, 1.165) is 24.2 Å². The first-order chi connectivity index (χ1) is 7.19. The van der Waals surface area contributed by atoms with Crippen LogP contribution in [-0.4, -0.2) is 13.6 Å². The first kappa shape index (κ1) is 11.6. The number of hydrogen-bond acceptors (Lipinski definition) is 2. The topological polar surface area (TPSA) is 24.1 Å². The third kappa shape index (κ3) is 2.98. The monoisotopic (exact) mass is 208 g/mol. The average molecular weight is 208 g/mol. The van der Waals surface area contributed by atoms with Crippen LogP contribution in [0, 0.1) is 5.82 Å². The highest BCUT2D eigenvalue weighted by atomic mass is 19.1. The minimum atomic E-state index is -0.247. The third-order valence-electron chi connectivity index (χ3n) is 2.17. The smallest absolute Gasteiger partial charge is 0.124 e. The molecule has 0 amide bonds. The van der Waals surface area contributed by atoms with Gasteiger partial charge in [-0.05, 0) is 24.6 Å². The summed E-state index contributed by atoms with van der Waals surface area (Å²) in [7, 11) is 1.77. The molecule has 3 heteroatoms. The van der Waals surface area contributed by atoms with Gasteiger partial charge in [0.05, 0.1) is 0 Å². The fourth-order valence-electron chi connectivity index (χ4n) is 1.31. The molecular weight excluding hydrogens is 191 g/mol. The molecule has 15 heavy (non-hydrogen) atoms. The molecule has 0 aliphatic carbocycles.